The first kappa shape index (κ1) is 11.0. The topological polar surface area (TPSA) is 76.7 Å². The number of amidine groups is 1. The van der Waals surface area contributed by atoms with Gasteiger partial charge in [-0.25, -0.2) is 4.79 Å². The lowest BCUT2D eigenvalue weighted by molar-refractivity contribution is -0.135. The van der Waals surface area contributed by atoms with Crippen molar-refractivity contribution in [1.82, 2.24) is 0 Å². The highest BCUT2D eigenvalue weighted by Crippen LogP contribution is 2.04. The second-order valence-electron chi connectivity index (χ2n) is 2.70. The van der Waals surface area contributed by atoms with Gasteiger partial charge in [0.15, 0.2) is 0 Å². The monoisotopic (exact) mass is 207 g/mol. The average Bonchev–Trinajstić information content (AvgIpc) is 2.27. The summed E-state index contributed by atoms with van der Waals surface area (Å²) in [5.74, 6) is -0.818. The number of para-hydroxylation sites is 1. The van der Waals surface area contributed by atoms with Crippen molar-refractivity contribution in [3.8, 4) is 0 Å². The molecule has 0 aliphatic rings. The summed E-state index contributed by atoms with van der Waals surface area (Å²) in [6.45, 7) is 1.98. The molecule has 15 heavy (non-hydrogen) atoms. The Labute approximate surface area is 87.9 Å². The molecule has 0 aliphatic carbocycles. The van der Waals surface area contributed by atoms with Crippen LogP contribution in [0.25, 0.3) is 0 Å². The molecule has 0 saturated heterocycles. The Kier molecular flexibility index (Phi) is 4.15. The molecule has 0 bridgehead atoms. The maximum Gasteiger partial charge on any atom is 0.375 e. The number of nitrogens with zero attached hydrogens (tertiary/aromatic N) is 1. The lowest BCUT2D eigenvalue weighted by Crippen LogP contribution is -2.27. The summed E-state index contributed by atoms with van der Waals surface area (Å²) < 4.78 is 4.66. The fraction of sp³-hybridized carbons (Fsp3) is 0.200. The van der Waals surface area contributed by atoms with Crippen molar-refractivity contribution < 1.29 is 9.53 Å². The molecular weight excluding hydrogens is 194 g/mol. The third-order valence-corrected chi connectivity index (χ3v) is 1.56. The average molecular weight is 207 g/mol. The SMILES string of the molecule is CCOC(=O)/C(N)=N\Nc1ccccc1. The lowest BCUT2D eigenvalue weighted by atomic mass is 10.3. The summed E-state index contributed by atoms with van der Waals surface area (Å²) in [6, 6.07) is 9.18. The van der Waals surface area contributed by atoms with Crippen molar-refractivity contribution in [3.05, 3.63) is 30.3 Å². The number of benzene rings is 1. The molecule has 0 spiro atoms. The Morgan fingerprint density at radius 3 is 2.73 bits per heavy atom. The first-order valence-corrected chi connectivity index (χ1v) is 4.55. The van der Waals surface area contributed by atoms with Gasteiger partial charge in [0.25, 0.3) is 0 Å². The molecular formula is C10H13N3O2. The van der Waals surface area contributed by atoms with E-state index < -0.39 is 5.97 Å². The Morgan fingerprint density at radius 1 is 1.47 bits per heavy atom. The number of hydrazone groups is 1. The van der Waals surface area contributed by atoms with E-state index in [0.717, 1.165) is 5.69 Å². The van der Waals surface area contributed by atoms with Gasteiger partial charge in [-0.05, 0) is 19.1 Å². The van der Waals surface area contributed by atoms with Crippen LogP contribution in [0.5, 0.6) is 0 Å². The summed E-state index contributed by atoms with van der Waals surface area (Å²) in [5, 5.41) is 3.68. The van der Waals surface area contributed by atoms with Gasteiger partial charge in [-0.3, -0.25) is 5.43 Å². The van der Waals surface area contributed by atoms with Gasteiger partial charge >= 0.3 is 5.97 Å². The zero-order valence-electron chi connectivity index (χ0n) is 8.43. The van der Waals surface area contributed by atoms with Crippen LogP contribution in [0, 0.1) is 0 Å². The molecule has 1 aromatic rings. The van der Waals surface area contributed by atoms with Gasteiger partial charge in [0.2, 0.25) is 5.84 Å². The smallest absolute Gasteiger partial charge is 0.375 e. The fourth-order valence-electron chi connectivity index (χ4n) is 0.888. The van der Waals surface area contributed by atoms with Crippen LogP contribution in [0.3, 0.4) is 0 Å². The van der Waals surface area contributed by atoms with Crippen LogP contribution < -0.4 is 11.2 Å². The van der Waals surface area contributed by atoms with Crippen LogP contribution >= 0.6 is 0 Å². The maximum atomic E-state index is 11.0. The van der Waals surface area contributed by atoms with Crippen LogP contribution in [-0.4, -0.2) is 18.4 Å². The van der Waals surface area contributed by atoms with Gasteiger partial charge < -0.3 is 10.5 Å². The highest BCUT2D eigenvalue weighted by Gasteiger charge is 2.06. The first-order chi connectivity index (χ1) is 7.24. The van der Waals surface area contributed by atoms with Crippen LogP contribution in [-0.2, 0) is 9.53 Å². The molecule has 0 atom stereocenters. The number of nitrogens with one attached hydrogen (secondary N) is 1. The van der Waals surface area contributed by atoms with E-state index in [1.54, 1.807) is 6.92 Å². The summed E-state index contributed by atoms with van der Waals surface area (Å²) >= 11 is 0. The molecule has 3 N–H and O–H groups in total. The van der Waals surface area contributed by atoms with Crippen LogP contribution in [0.1, 0.15) is 6.92 Å². The minimum Gasteiger partial charge on any atom is -0.460 e. The van der Waals surface area contributed by atoms with Gasteiger partial charge in [0.1, 0.15) is 0 Å². The van der Waals surface area contributed by atoms with Crippen molar-refractivity contribution in [3.63, 3.8) is 0 Å². The van der Waals surface area contributed by atoms with Crippen molar-refractivity contribution in [2.75, 3.05) is 12.0 Å². The van der Waals surface area contributed by atoms with Crippen molar-refractivity contribution >= 4 is 17.5 Å². The largest absolute Gasteiger partial charge is 0.460 e. The molecule has 0 aromatic heterocycles. The molecule has 5 heteroatoms. The van der Waals surface area contributed by atoms with Crippen molar-refractivity contribution in [2.45, 2.75) is 6.92 Å². The third kappa shape index (κ3) is 3.68. The first-order valence-electron chi connectivity index (χ1n) is 4.55. The standard InChI is InChI=1S/C10H13N3O2/c1-2-15-10(14)9(11)13-12-8-6-4-3-5-7-8/h3-7,12H,2H2,1H3,(H2,11,13). The highest BCUT2D eigenvalue weighted by atomic mass is 16.5. The number of anilines is 1. The van der Waals surface area contributed by atoms with E-state index in [1.807, 2.05) is 30.3 Å². The molecule has 1 aromatic carbocycles. The molecule has 0 aliphatic heterocycles. The summed E-state index contributed by atoms with van der Waals surface area (Å²) in [4.78, 5) is 11.0. The van der Waals surface area contributed by atoms with Crippen molar-refractivity contribution in [2.24, 2.45) is 10.8 Å². The number of hydrogen-bond acceptors (Lipinski definition) is 4. The van der Waals surface area contributed by atoms with E-state index in [-0.39, 0.29) is 12.4 Å². The molecule has 0 amide bonds. The third-order valence-electron chi connectivity index (χ3n) is 1.56. The molecule has 0 unspecified atom stereocenters. The summed E-state index contributed by atoms with van der Waals surface area (Å²) in [5.41, 5.74) is 8.76. The van der Waals surface area contributed by atoms with E-state index in [2.05, 4.69) is 15.3 Å². The molecule has 5 nitrogen and oxygen atoms in total. The van der Waals surface area contributed by atoms with Gasteiger partial charge in [-0.2, -0.15) is 0 Å². The maximum absolute atomic E-state index is 11.0. The summed E-state index contributed by atoms with van der Waals surface area (Å²) in [7, 11) is 0. The van der Waals surface area contributed by atoms with Crippen LogP contribution in [0.2, 0.25) is 0 Å². The number of hydrogen-bond donors (Lipinski definition) is 2. The molecule has 1 rings (SSSR count). The van der Waals surface area contributed by atoms with Crippen molar-refractivity contribution in [1.29, 1.82) is 0 Å². The predicted molar refractivity (Wildman–Crippen MR) is 58.3 cm³/mol. The number of carbonyl (C=O) groups is 1. The molecule has 80 valence electrons. The van der Waals surface area contributed by atoms with Crippen LogP contribution in [0.4, 0.5) is 5.69 Å². The van der Waals surface area contributed by atoms with E-state index >= 15 is 0 Å². The van der Waals surface area contributed by atoms with E-state index in [1.165, 1.54) is 0 Å². The number of rotatable bonds is 3. The number of carbonyl (C=O) groups excluding carboxylic acids is 1. The Balaban J connectivity index is 2.54. The fourth-order valence-corrected chi connectivity index (χ4v) is 0.888. The molecule has 0 saturated carbocycles. The number of ether oxygens (including phenoxy) is 1. The zero-order chi connectivity index (χ0) is 11.1. The van der Waals surface area contributed by atoms with Gasteiger partial charge in [-0.15, -0.1) is 5.10 Å². The van der Waals surface area contributed by atoms with E-state index in [9.17, 15) is 4.79 Å². The second kappa shape index (κ2) is 5.64. The zero-order valence-corrected chi connectivity index (χ0v) is 8.43. The lowest BCUT2D eigenvalue weighted by Gasteiger charge is -2.02. The summed E-state index contributed by atoms with van der Waals surface area (Å²) in [6.07, 6.45) is 0. The van der Waals surface area contributed by atoms with E-state index in [0.29, 0.717) is 0 Å². The Hall–Kier alpha value is -2.04. The normalized spacial score (nSPS) is 10.9. The number of esters is 1. The van der Waals surface area contributed by atoms with E-state index in [4.69, 9.17) is 5.73 Å². The molecule has 0 fully saturated rings. The highest BCUT2D eigenvalue weighted by molar-refractivity contribution is 6.34. The minimum absolute atomic E-state index is 0.194. The molecule has 0 radical (unpaired) electrons. The van der Waals surface area contributed by atoms with Gasteiger partial charge in [0, 0.05) is 0 Å². The minimum atomic E-state index is -0.624. The molecule has 0 heterocycles. The van der Waals surface area contributed by atoms with Gasteiger partial charge in [0.05, 0.1) is 12.3 Å². The Bertz CT molecular complexity index is 349. The second-order valence-corrected chi connectivity index (χ2v) is 2.70. The number of nitrogens with two attached hydrogens (primary N) is 1. The van der Waals surface area contributed by atoms with Gasteiger partial charge in [-0.1, -0.05) is 18.2 Å². The quantitative estimate of drug-likeness (QED) is 0.334. The van der Waals surface area contributed by atoms with Crippen LogP contribution in [0.15, 0.2) is 35.4 Å². The Morgan fingerprint density at radius 2 is 2.13 bits per heavy atom. The predicted octanol–water partition coefficient (Wildman–Crippen LogP) is 0.934.